The van der Waals surface area contributed by atoms with Crippen molar-refractivity contribution < 1.29 is 4.79 Å². The van der Waals surface area contributed by atoms with Gasteiger partial charge in [0.05, 0.1) is 6.20 Å². The summed E-state index contributed by atoms with van der Waals surface area (Å²) in [6.07, 6.45) is 3.44. The monoisotopic (exact) mass is 258 g/mol. The van der Waals surface area contributed by atoms with Crippen LogP contribution < -0.4 is 11.1 Å². The minimum Gasteiger partial charge on any atom is -0.383 e. The Morgan fingerprint density at radius 2 is 2.16 bits per heavy atom. The van der Waals surface area contributed by atoms with Crippen LogP contribution in [-0.2, 0) is 13.5 Å². The molecule has 3 N–H and O–H groups in total. The van der Waals surface area contributed by atoms with Gasteiger partial charge in [0.25, 0.3) is 5.91 Å². The average Bonchev–Trinajstić information content (AvgIpc) is 2.73. The van der Waals surface area contributed by atoms with E-state index in [9.17, 15) is 4.79 Å². The van der Waals surface area contributed by atoms with Crippen molar-refractivity contribution in [2.24, 2.45) is 7.05 Å². The van der Waals surface area contributed by atoms with Crippen LogP contribution in [0.5, 0.6) is 0 Å². The lowest BCUT2D eigenvalue weighted by atomic mass is 10.1. The van der Waals surface area contributed by atoms with Crippen LogP contribution in [-0.4, -0.2) is 15.7 Å². The lowest BCUT2D eigenvalue weighted by molar-refractivity contribution is 0.102. The Hall–Kier alpha value is -2.30. The van der Waals surface area contributed by atoms with Crippen molar-refractivity contribution in [3.8, 4) is 0 Å². The third-order valence-corrected chi connectivity index (χ3v) is 3.01. The van der Waals surface area contributed by atoms with Gasteiger partial charge in [0.15, 0.2) is 0 Å². The van der Waals surface area contributed by atoms with E-state index < -0.39 is 0 Å². The number of nitrogens with one attached hydrogen (secondary N) is 1. The lowest BCUT2D eigenvalue weighted by Gasteiger charge is -2.10. The van der Waals surface area contributed by atoms with Gasteiger partial charge in [-0.3, -0.25) is 9.48 Å². The number of nitrogens with zero attached hydrogens (tertiary/aromatic N) is 2. The van der Waals surface area contributed by atoms with Crippen molar-refractivity contribution in [1.82, 2.24) is 9.78 Å². The molecule has 0 atom stereocenters. The van der Waals surface area contributed by atoms with Crippen molar-refractivity contribution in [3.05, 3.63) is 41.6 Å². The highest BCUT2D eigenvalue weighted by molar-refractivity contribution is 6.07. The molecule has 1 aromatic carbocycles. The summed E-state index contributed by atoms with van der Waals surface area (Å²) in [6, 6.07) is 7.79. The maximum absolute atomic E-state index is 12.2. The fourth-order valence-electron chi connectivity index (χ4n) is 1.94. The number of carbonyl (C=O) groups is 1. The molecule has 0 aliphatic carbocycles. The molecule has 0 radical (unpaired) electrons. The lowest BCUT2D eigenvalue weighted by Crippen LogP contribution is -2.15. The summed E-state index contributed by atoms with van der Waals surface area (Å²) in [5.41, 5.74) is 8.15. The molecule has 5 nitrogen and oxygen atoms in total. The molecule has 0 aliphatic rings. The summed E-state index contributed by atoms with van der Waals surface area (Å²) in [6.45, 7) is 2.11. The van der Waals surface area contributed by atoms with Crippen LogP contribution in [0, 0.1) is 0 Å². The van der Waals surface area contributed by atoms with E-state index in [0.29, 0.717) is 11.4 Å². The first kappa shape index (κ1) is 13.1. The number of carbonyl (C=O) groups excluding carboxylic acids is 1. The molecular weight excluding hydrogens is 240 g/mol. The Balaban J connectivity index is 2.22. The molecule has 5 heteroatoms. The minimum absolute atomic E-state index is 0.228. The highest BCUT2D eigenvalue weighted by atomic mass is 16.1. The van der Waals surface area contributed by atoms with Gasteiger partial charge in [-0.1, -0.05) is 31.5 Å². The number of amides is 1. The number of hydrogen-bond acceptors (Lipinski definition) is 3. The van der Waals surface area contributed by atoms with E-state index >= 15 is 0 Å². The Bertz CT molecular complexity index is 589. The quantitative estimate of drug-likeness (QED) is 0.883. The first-order valence-corrected chi connectivity index (χ1v) is 6.30. The third-order valence-electron chi connectivity index (χ3n) is 3.01. The van der Waals surface area contributed by atoms with E-state index in [0.717, 1.165) is 24.1 Å². The molecule has 1 amide bonds. The number of nitrogens with two attached hydrogens (primary N) is 1. The smallest absolute Gasteiger partial charge is 0.261 e. The zero-order valence-electron chi connectivity index (χ0n) is 11.2. The van der Waals surface area contributed by atoms with Crippen LogP contribution in [0.4, 0.5) is 11.5 Å². The highest BCUT2D eigenvalue weighted by Crippen LogP contribution is 2.19. The maximum atomic E-state index is 12.2. The minimum atomic E-state index is -0.228. The fourth-order valence-corrected chi connectivity index (χ4v) is 1.94. The first-order chi connectivity index (χ1) is 9.13. The zero-order chi connectivity index (χ0) is 13.8. The second kappa shape index (κ2) is 5.56. The summed E-state index contributed by atoms with van der Waals surface area (Å²) in [7, 11) is 1.71. The van der Waals surface area contributed by atoms with Crippen LogP contribution in [0.3, 0.4) is 0 Å². The molecule has 0 aliphatic heterocycles. The molecule has 100 valence electrons. The topological polar surface area (TPSA) is 72.9 Å². The standard InChI is InChI=1S/C14H18N4O/c1-3-6-10-7-4-5-8-12(10)17-14(19)11-9-16-18(2)13(11)15/h4-5,7-9H,3,6,15H2,1-2H3,(H,17,19). The largest absolute Gasteiger partial charge is 0.383 e. The van der Waals surface area contributed by atoms with Crippen LogP contribution >= 0.6 is 0 Å². The summed E-state index contributed by atoms with van der Waals surface area (Å²) in [5, 5.41) is 6.86. The predicted octanol–water partition coefficient (Wildman–Crippen LogP) is 2.21. The number of rotatable bonds is 4. The van der Waals surface area contributed by atoms with Crippen LogP contribution in [0.1, 0.15) is 29.3 Å². The molecule has 1 heterocycles. The van der Waals surface area contributed by atoms with Gasteiger partial charge in [0.2, 0.25) is 0 Å². The second-order valence-corrected chi connectivity index (χ2v) is 4.43. The van der Waals surface area contributed by atoms with Crippen molar-refractivity contribution in [1.29, 1.82) is 0 Å². The summed E-state index contributed by atoms with van der Waals surface area (Å²) < 4.78 is 1.48. The number of benzene rings is 1. The van der Waals surface area contributed by atoms with Crippen LogP contribution in [0.25, 0.3) is 0 Å². The number of aromatic nitrogens is 2. The molecule has 0 fully saturated rings. The first-order valence-electron chi connectivity index (χ1n) is 6.30. The molecule has 1 aromatic heterocycles. The molecule has 0 saturated heterocycles. The molecular formula is C14H18N4O. The van der Waals surface area contributed by atoms with Gasteiger partial charge in [0.1, 0.15) is 11.4 Å². The van der Waals surface area contributed by atoms with Crippen molar-refractivity contribution >= 4 is 17.4 Å². The SMILES string of the molecule is CCCc1ccccc1NC(=O)c1cnn(C)c1N. The van der Waals surface area contributed by atoms with Crippen molar-refractivity contribution in [2.75, 3.05) is 11.1 Å². The average molecular weight is 258 g/mol. The molecule has 0 bridgehead atoms. The molecule has 2 aromatic rings. The fraction of sp³-hybridized carbons (Fsp3) is 0.286. The normalized spacial score (nSPS) is 10.4. The van der Waals surface area contributed by atoms with Crippen LogP contribution in [0.2, 0.25) is 0 Å². The number of anilines is 2. The van der Waals surface area contributed by atoms with E-state index in [4.69, 9.17) is 5.73 Å². The Labute approximate surface area is 112 Å². The van der Waals surface area contributed by atoms with Crippen LogP contribution in [0.15, 0.2) is 30.5 Å². The number of nitrogen functional groups attached to an aromatic ring is 1. The Morgan fingerprint density at radius 1 is 1.42 bits per heavy atom. The molecule has 0 saturated carbocycles. The van der Waals surface area contributed by atoms with E-state index in [2.05, 4.69) is 17.3 Å². The summed E-state index contributed by atoms with van der Waals surface area (Å²) in [4.78, 5) is 12.2. The molecule has 0 spiro atoms. The van der Waals surface area contributed by atoms with Gasteiger partial charge in [0, 0.05) is 12.7 Å². The predicted molar refractivity (Wildman–Crippen MR) is 76.0 cm³/mol. The summed E-state index contributed by atoms with van der Waals surface area (Å²) >= 11 is 0. The highest BCUT2D eigenvalue weighted by Gasteiger charge is 2.14. The second-order valence-electron chi connectivity index (χ2n) is 4.43. The van der Waals surface area contributed by atoms with Gasteiger partial charge in [-0.2, -0.15) is 5.10 Å². The van der Waals surface area contributed by atoms with Gasteiger partial charge >= 0.3 is 0 Å². The molecule has 0 unspecified atom stereocenters. The van der Waals surface area contributed by atoms with Gasteiger partial charge in [-0.15, -0.1) is 0 Å². The van der Waals surface area contributed by atoms with Gasteiger partial charge < -0.3 is 11.1 Å². The third kappa shape index (κ3) is 2.76. The van der Waals surface area contributed by atoms with Crippen molar-refractivity contribution in [3.63, 3.8) is 0 Å². The van der Waals surface area contributed by atoms with E-state index in [1.165, 1.54) is 10.9 Å². The zero-order valence-corrected chi connectivity index (χ0v) is 11.2. The Morgan fingerprint density at radius 3 is 2.79 bits per heavy atom. The molecule has 2 rings (SSSR count). The number of para-hydroxylation sites is 1. The molecule has 19 heavy (non-hydrogen) atoms. The van der Waals surface area contributed by atoms with Gasteiger partial charge in [-0.05, 0) is 18.1 Å². The Kier molecular flexibility index (Phi) is 3.85. The maximum Gasteiger partial charge on any atom is 0.261 e. The number of aryl methyl sites for hydroxylation is 2. The number of hydrogen-bond donors (Lipinski definition) is 2. The van der Waals surface area contributed by atoms with E-state index in [1.807, 2.05) is 24.3 Å². The van der Waals surface area contributed by atoms with Crippen molar-refractivity contribution in [2.45, 2.75) is 19.8 Å². The van der Waals surface area contributed by atoms with Gasteiger partial charge in [-0.25, -0.2) is 0 Å². The summed E-state index contributed by atoms with van der Waals surface area (Å²) in [5.74, 6) is 0.139. The van der Waals surface area contributed by atoms with E-state index in [1.54, 1.807) is 7.05 Å². The van der Waals surface area contributed by atoms with E-state index in [-0.39, 0.29) is 5.91 Å².